The summed E-state index contributed by atoms with van der Waals surface area (Å²) in [4.78, 5) is 36.6. The van der Waals surface area contributed by atoms with Crippen molar-refractivity contribution < 1.29 is 28.6 Å². The van der Waals surface area contributed by atoms with Gasteiger partial charge in [0, 0.05) is 18.0 Å². The molecule has 0 aliphatic rings. The van der Waals surface area contributed by atoms with E-state index in [4.69, 9.17) is 14.2 Å². The van der Waals surface area contributed by atoms with Crippen LogP contribution < -0.4 is 5.32 Å². The molecule has 0 radical (unpaired) electrons. The van der Waals surface area contributed by atoms with E-state index in [0.29, 0.717) is 5.52 Å². The molecule has 0 unspecified atom stereocenters. The smallest absolute Gasteiger partial charge is 0.418 e. The minimum Gasteiger partial charge on any atom is -0.467 e. The van der Waals surface area contributed by atoms with Crippen molar-refractivity contribution >= 4 is 29.1 Å². The quantitative estimate of drug-likeness (QED) is 0.595. The Morgan fingerprint density at radius 1 is 1.00 bits per heavy atom. The van der Waals surface area contributed by atoms with Gasteiger partial charge in [-0.3, -0.25) is 4.57 Å². The number of esters is 1. The molecule has 2 rings (SSSR count). The van der Waals surface area contributed by atoms with Crippen molar-refractivity contribution in [3.05, 3.63) is 36.0 Å². The summed E-state index contributed by atoms with van der Waals surface area (Å²) < 4.78 is 16.9. The molecule has 0 saturated carbocycles. The van der Waals surface area contributed by atoms with Gasteiger partial charge in [-0.25, -0.2) is 14.4 Å². The van der Waals surface area contributed by atoms with Crippen molar-refractivity contribution in [2.45, 2.75) is 65.2 Å². The Balaban J connectivity index is 2.21. The fourth-order valence-corrected chi connectivity index (χ4v) is 2.81. The summed E-state index contributed by atoms with van der Waals surface area (Å²) in [5, 5.41) is 3.36. The van der Waals surface area contributed by atoms with Crippen LogP contribution in [0.15, 0.2) is 30.5 Å². The molecule has 0 fully saturated rings. The molecule has 164 valence electrons. The molecule has 0 bridgehead atoms. The Labute approximate surface area is 176 Å². The van der Waals surface area contributed by atoms with Crippen LogP contribution in [0.2, 0.25) is 0 Å². The highest BCUT2D eigenvalue weighted by molar-refractivity contribution is 5.90. The summed E-state index contributed by atoms with van der Waals surface area (Å²) in [6.07, 6.45) is 0.679. The van der Waals surface area contributed by atoms with Crippen molar-refractivity contribution in [3.63, 3.8) is 0 Å². The number of benzene rings is 1. The largest absolute Gasteiger partial charge is 0.467 e. The minimum atomic E-state index is -0.907. The maximum absolute atomic E-state index is 12.4. The third-order valence-corrected chi connectivity index (χ3v) is 3.96. The van der Waals surface area contributed by atoms with Gasteiger partial charge < -0.3 is 19.5 Å². The number of methoxy groups -OCH3 is 1. The molecule has 0 aliphatic heterocycles. The van der Waals surface area contributed by atoms with E-state index in [1.807, 2.05) is 6.07 Å². The van der Waals surface area contributed by atoms with Crippen LogP contribution in [0.5, 0.6) is 0 Å². The van der Waals surface area contributed by atoms with E-state index in [0.717, 1.165) is 10.9 Å². The van der Waals surface area contributed by atoms with Gasteiger partial charge >= 0.3 is 18.2 Å². The monoisotopic (exact) mass is 418 g/mol. The van der Waals surface area contributed by atoms with Crippen LogP contribution in [-0.4, -0.2) is 47.1 Å². The highest BCUT2D eigenvalue weighted by Crippen LogP contribution is 2.21. The zero-order chi connectivity index (χ0) is 22.7. The third kappa shape index (κ3) is 6.50. The first kappa shape index (κ1) is 23.3. The highest BCUT2D eigenvalue weighted by atomic mass is 16.6. The summed E-state index contributed by atoms with van der Waals surface area (Å²) in [6, 6.07) is 6.29. The van der Waals surface area contributed by atoms with Gasteiger partial charge in [0.15, 0.2) is 0 Å². The van der Waals surface area contributed by atoms with E-state index in [9.17, 15) is 14.4 Å². The molecule has 2 aromatic rings. The molecule has 30 heavy (non-hydrogen) atoms. The van der Waals surface area contributed by atoms with Crippen LogP contribution in [0.3, 0.4) is 0 Å². The number of hydrogen-bond donors (Lipinski definition) is 1. The van der Waals surface area contributed by atoms with Crippen LogP contribution in [0.1, 0.15) is 47.1 Å². The predicted octanol–water partition coefficient (Wildman–Crippen LogP) is 4.03. The second-order valence-electron chi connectivity index (χ2n) is 8.99. The molecule has 0 saturated heterocycles. The van der Waals surface area contributed by atoms with E-state index >= 15 is 0 Å². The highest BCUT2D eigenvalue weighted by Gasteiger charge is 2.26. The fraction of sp³-hybridized carbons (Fsp3) is 0.500. The molecule has 1 heterocycles. The maximum atomic E-state index is 12.4. The number of fused-ring (bicyclic) bond motifs is 1. The van der Waals surface area contributed by atoms with E-state index in [1.54, 1.807) is 65.9 Å². The molecule has 0 aliphatic carbocycles. The van der Waals surface area contributed by atoms with Crippen molar-refractivity contribution in [1.82, 2.24) is 9.88 Å². The van der Waals surface area contributed by atoms with E-state index < -0.39 is 35.4 Å². The lowest BCUT2D eigenvalue weighted by Gasteiger charge is -2.22. The van der Waals surface area contributed by atoms with Crippen LogP contribution >= 0.6 is 0 Å². The molecule has 8 heteroatoms. The molecule has 1 amide bonds. The number of carbonyl (C=O) groups is 3. The first-order chi connectivity index (χ1) is 13.8. The first-order valence-electron chi connectivity index (χ1n) is 9.70. The van der Waals surface area contributed by atoms with Gasteiger partial charge in [0.25, 0.3) is 0 Å². The van der Waals surface area contributed by atoms with Crippen molar-refractivity contribution in [2.24, 2.45) is 0 Å². The van der Waals surface area contributed by atoms with Crippen LogP contribution in [-0.2, 0) is 25.4 Å². The summed E-state index contributed by atoms with van der Waals surface area (Å²) in [7, 11) is 1.26. The average Bonchev–Trinajstić information content (AvgIpc) is 3.00. The second-order valence-corrected chi connectivity index (χ2v) is 8.99. The zero-order valence-corrected chi connectivity index (χ0v) is 18.6. The number of rotatable bonds is 4. The van der Waals surface area contributed by atoms with E-state index in [1.165, 1.54) is 11.7 Å². The summed E-state index contributed by atoms with van der Waals surface area (Å²) in [5.74, 6) is -0.577. The Morgan fingerprint density at radius 2 is 1.63 bits per heavy atom. The molecule has 8 nitrogen and oxygen atoms in total. The van der Waals surface area contributed by atoms with Crippen LogP contribution in [0, 0.1) is 0 Å². The molecule has 0 spiro atoms. The first-order valence-corrected chi connectivity index (χ1v) is 9.70. The number of ether oxygens (including phenoxy) is 3. The molecule has 1 atom stereocenters. The normalized spacial score (nSPS) is 12.9. The van der Waals surface area contributed by atoms with Gasteiger partial charge in [-0.15, -0.1) is 0 Å². The lowest BCUT2D eigenvalue weighted by atomic mass is 10.0. The van der Waals surface area contributed by atoms with E-state index in [2.05, 4.69) is 5.32 Å². The third-order valence-electron chi connectivity index (χ3n) is 3.96. The van der Waals surface area contributed by atoms with E-state index in [-0.39, 0.29) is 6.42 Å². The van der Waals surface area contributed by atoms with Crippen molar-refractivity contribution in [1.29, 1.82) is 0 Å². The Bertz CT molecular complexity index is 933. The SMILES string of the molecule is COC(=O)[C@H](Cc1ccc2c(ccn2C(=O)OC(C)(C)C)c1)NC(=O)OC(C)(C)C. The maximum Gasteiger partial charge on any atom is 0.418 e. The number of alkyl carbamates (subject to hydrolysis) is 1. The average molecular weight is 418 g/mol. The number of nitrogens with one attached hydrogen (secondary N) is 1. The second kappa shape index (κ2) is 8.77. The predicted molar refractivity (Wildman–Crippen MR) is 112 cm³/mol. The summed E-state index contributed by atoms with van der Waals surface area (Å²) in [5.41, 5.74) is 0.182. The summed E-state index contributed by atoms with van der Waals surface area (Å²) >= 11 is 0. The number of hydrogen-bond acceptors (Lipinski definition) is 6. The van der Waals surface area contributed by atoms with Gasteiger partial charge in [-0.2, -0.15) is 0 Å². The molecule has 1 aromatic carbocycles. The Morgan fingerprint density at radius 3 is 2.20 bits per heavy atom. The fourth-order valence-electron chi connectivity index (χ4n) is 2.81. The lowest BCUT2D eigenvalue weighted by Crippen LogP contribution is -2.45. The van der Waals surface area contributed by atoms with Gasteiger partial charge in [-0.1, -0.05) is 6.07 Å². The number of aromatic nitrogens is 1. The number of amides is 1. The van der Waals surface area contributed by atoms with Gasteiger partial charge in [-0.05, 0) is 65.3 Å². The summed E-state index contributed by atoms with van der Waals surface area (Å²) in [6.45, 7) is 10.6. The number of nitrogens with zero attached hydrogens (tertiary/aromatic N) is 1. The van der Waals surface area contributed by atoms with Crippen molar-refractivity contribution in [2.75, 3.05) is 7.11 Å². The Hall–Kier alpha value is -3.03. The molecule has 1 aromatic heterocycles. The minimum absolute atomic E-state index is 0.208. The number of carbonyl (C=O) groups excluding carboxylic acids is 3. The van der Waals surface area contributed by atoms with Crippen LogP contribution in [0.25, 0.3) is 10.9 Å². The zero-order valence-electron chi connectivity index (χ0n) is 18.6. The van der Waals surface area contributed by atoms with Crippen LogP contribution in [0.4, 0.5) is 9.59 Å². The molecular weight excluding hydrogens is 388 g/mol. The lowest BCUT2D eigenvalue weighted by molar-refractivity contribution is -0.143. The Kier molecular flexibility index (Phi) is 6.80. The van der Waals surface area contributed by atoms with Gasteiger partial charge in [0.1, 0.15) is 17.2 Å². The van der Waals surface area contributed by atoms with Crippen molar-refractivity contribution in [3.8, 4) is 0 Å². The molecular formula is C22H30N2O6. The topological polar surface area (TPSA) is 95.9 Å². The van der Waals surface area contributed by atoms with Gasteiger partial charge in [0.05, 0.1) is 12.6 Å². The molecule has 1 N–H and O–H groups in total. The van der Waals surface area contributed by atoms with Gasteiger partial charge in [0.2, 0.25) is 0 Å². The standard InChI is InChI=1S/C22H30N2O6/c1-21(2,3)29-19(26)23-16(18(25)28-7)13-14-8-9-17-15(12-14)10-11-24(17)20(27)30-22(4,5)6/h8-12,16H,13H2,1-7H3,(H,23,26)/t16-/m0/s1.